The van der Waals surface area contributed by atoms with E-state index in [0.29, 0.717) is 17.0 Å². The summed E-state index contributed by atoms with van der Waals surface area (Å²) in [6.07, 6.45) is 5.19. The number of hydrogen-bond donors (Lipinski definition) is 2. The molecule has 2 aliphatic rings. The second-order valence-electron chi connectivity index (χ2n) is 10.7. The number of carboxylic acid groups (broad SMARTS) is 1. The number of carboxylic acids is 1. The van der Waals surface area contributed by atoms with Crippen LogP contribution in [0, 0.1) is 11.8 Å². The highest BCUT2D eigenvalue weighted by molar-refractivity contribution is 5.97. The highest BCUT2D eigenvalue weighted by Gasteiger charge is 2.49. The summed E-state index contributed by atoms with van der Waals surface area (Å²) in [7, 11) is 0. The van der Waals surface area contributed by atoms with Gasteiger partial charge in [-0.1, -0.05) is 50.6 Å². The van der Waals surface area contributed by atoms with Crippen molar-refractivity contribution < 1.29 is 24.2 Å². The zero-order valence-corrected chi connectivity index (χ0v) is 21.1. The number of aliphatic carboxylic acids is 1. The third-order valence-electron chi connectivity index (χ3n) is 7.44. The molecule has 6 heteroatoms. The number of ether oxygens (including phenoxy) is 2. The van der Waals surface area contributed by atoms with E-state index in [9.17, 15) is 14.7 Å². The molecule has 0 aliphatic carbocycles. The van der Waals surface area contributed by atoms with E-state index in [0.717, 1.165) is 43.4 Å². The fourth-order valence-corrected chi connectivity index (χ4v) is 5.47. The summed E-state index contributed by atoms with van der Waals surface area (Å²) >= 11 is 0. The van der Waals surface area contributed by atoms with Crippen LogP contribution in [0.1, 0.15) is 93.4 Å². The van der Waals surface area contributed by atoms with Crippen LogP contribution in [0.4, 0.5) is 0 Å². The largest absolute Gasteiger partial charge is 0.487 e. The van der Waals surface area contributed by atoms with E-state index < -0.39 is 17.9 Å². The summed E-state index contributed by atoms with van der Waals surface area (Å²) in [5.74, 6) is 0.0660. The van der Waals surface area contributed by atoms with Gasteiger partial charge in [0.2, 0.25) is 0 Å². The first-order chi connectivity index (χ1) is 16.7. The molecule has 2 aliphatic heterocycles. The van der Waals surface area contributed by atoms with E-state index in [1.165, 1.54) is 0 Å². The van der Waals surface area contributed by atoms with Gasteiger partial charge in [-0.2, -0.15) is 0 Å². The first-order valence-electron chi connectivity index (χ1n) is 12.7. The predicted octanol–water partition coefficient (Wildman–Crippen LogP) is 6.08. The minimum absolute atomic E-state index is 0.133. The highest BCUT2D eigenvalue weighted by atomic mass is 16.5. The number of benzene rings is 2. The zero-order chi connectivity index (χ0) is 25.2. The molecule has 0 saturated carbocycles. The molecule has 0 spiro atoms. The number of fused-ring (bicyclic) bond motifs is 3. The third kappa shape index (κ3) is 5.53. The highest BCUT2D eigenvalue weighted by Crippen LogP contribution is 2.52. The Labute approximate surface area is 208 Å². The van der Waals surface area contributed by atoms with Crippen molar-refractivity contribution in [2.24, 2.45) is 11.8 Å². The normalized spacial score (nSPS) is 26.3. The van der Waals surface area contributed by atoms with Crippen LogP contribution < -0.4 is 10.1 Å². The lowest BCUT2D eigenvalue weighted by atomic mass is 9.72. The third-order valence-corrected chi connectivity index (χ3v) is 7.44. The number of carbonyl (C=O) groups is 2. The fraction of sp³-hybridized carbons (Fsp3) is 0.517. The summed E-state index contributed by atoms with van der Waals surface area (Å²) in [6.45, 7) is 8.78. The average Bonchev–Trinajstić information content (AvgIpc) is 2.82. The van der Waals surface area contributed by atoms with Gasteiger partial charge in [-0.05, 0) is 69.2 Å². The van der Waals surface area contributed by atoms with Crippen molar-refractivity contribution in [3.8, 4) is 5.75 Å². The van der Waals surface area contributed by atoms with E-state index in [1.54, 1.807) is 30.3 Å². The molecule has 2 heterocycles. The van der Waals surface area contributed by atoms with Gasteiger partial charge in [0.05, 0.1) is 12.2 Å². The molecule has 0 unspecified atom stereocenters. The maximum Gasteiger partial charge on any atom is 0.330 e. The molecule has 2 aromatic rings. The van der Waals surface area contributed by atoms with Crippen LogP contribution >= 0.6 is 0 Å². The molecule has 5 atom stereocenters. The van der Waals surface area contributed by atoms with E-state index in [4.69, 9.17) is 9.47 Å². The molecule has 0 radical (unpaired) electrons. The van der Waals surface area contributed by atoms with Gasteiger partial charge in [0.1, 0.15) is 11.4 Å². The average molecular weight is 480 g/mol. The quantitative estimate of drug-likeness (QED) is 0.480. The number of hydrogen-bond acceptors (Lipinski definition) is 4. The number of nitrogens with one attached hydrogen (secondary N) is 1. The minimum Gasteiger partial charge on any atom is -0.487 e. The van der Waals surface area contributed by atoms with Gasteiger partial charge >= 0.3 is 5.97 Å². The van der Waals surface area contributed by atoms with Crippen LogP contribution in [-0.4, -0.2) is 28.7 Å². The first-order valence-corrected chi connectivity index (χ1v) is 12.7. The Balaban J connectivity index is 1.60. The second-order valence-corrected chi connectivity index (χ2v) is 10.7. The Bertz CT molecular complexity index is 1050. The molecule has 0 aromatic heterocycles. The summed E-state index contributed by atoms with van der Waals surface area (Å²) < 4.78 is 13.1. The van der Waals surface area contributed by atoms with Crippen molar-refractivity contribution in [2.75, 3.05) is 0 Å². The molecule has 35 heavy (non-hydrogen) atoms. The molecule has 2 N–H and O–H groups in total. The number of carbonyl (C=O) groups excluding carboxylic acids is 1. The standard InChI is InChI=1S/C29H37NO5/c1-18(2)9-8-16-29(4)23-14-12-19(3)34-26(23)22-17-21(13-15-24(22)35-29)27(31)30-25(28(32)33)20-10-6-5-7-11-20/h5-7,10-11,13,15,17-19,23,25-26H,8-9,12,14,16H2,1-4H3,(H,30,31)(H,32,33)/t19-,23-,25+,26+,29+/m1/s1. The monoisotopic (exact) mass is 479 g/mol. The molecular weight excluding hydrogens is 442 g/mol. The van der Waals surface area contributed by atoms with Gasteiger partial charge in [0.15, 0.2) is 6.04 Å². The molecule has 0 bridgehead atoms. The van der Waals surface area contributed by atoms with Gasteiger partial charge in [0.25, 0.3) is 5.91 Å². The Morgan fingerprint density at radius 3 is 2.57 bits per heavy atom. The molecular formula is C29H37NO5. The van der Waals surface area contributed by atoms with Crippen molar-refractivity contribution >= 4 is 11.9 Å². The first kappa shape index (κ1) is 25.2. The van der Waals surface area contributed by atoms with Gasteiger partial charge in [-0.25, -0.2) is 4.79 Å². The van der Waals surface area contributed by atoms with E-state index >= 15 is 0 Å². The molecule has 1 amide bonds. The van der Waals surface area contributed by atoms with Crippen molar-refractivity contribution in [1.82, 2.24) is 5.32 Å². The van der Waals surface area contributed by atoms with Gasteiger partial charge in [-0.15, -0.1) is 0 Å². The summed E-state index contributed by atoms with van der Waals surface area (Å²) in [5, 5.41) is 12.4. The van der Waals surface area contributed by atoms with Crippen LogP contribution in [0.15, 0.2) is 48.5 Å². The molecule has 2 aromatic carbocycles. The maximum absolute atomic E-state index is 13.1. The van der Waals surface area contributed by atoms with Crippen LogP contribution in [0.25, 0.3) is 0 Å². The molecule has 6 nitrogen and oxygen atoms in total. The van der Waals surface area contributed by atoms with Crippen molar-refractivity contribution in [2.45, 2.75) is 83.6 Å². The number of rotatable bonds is 8. The Morgan fingerprint density at radius 2 is 1.89 bits per heavy atom. The lowest BCUT2D eigenvalue weighted by Gasteiger charge is -2.50. The van der Waals surface area contributed by atoms with Gasteiger partial charge in [0, 0.05) is 17.0 Å². The van der Waals surface area contributed by atoms with Crippen LogP contribution in [-0.2, 0) is 9.53 Å². The molecule has 4 rings (SSSR count). The van der Waals surface area contributed by atoms with E-state index in [-0.39, 0.29) is 23.7 Å². The lowest BCUT2D eigenvalue weighted by molar-refractivity contribution is -0.152. The predicted molar refractivity (Wildman–Crippen MR) is 134 cm³/mol. The summed E-state index contributed by atoms with van der Waals surface area (Å²) in [5.41, 5.74) is 1.48. The van der Waals surface area contributed by atoms with Gasteiger partial charge in [-0.3, -0.25) is 4.79 Å². The Morgan fingerprint density at radius 1 is 1.14 bits per heavy atom. The zero-order valence-electron chi connectivity index (χ0n) is 21.1. The topological polar surface area (TPSA) is 84.9 Å². The number of amides is 1. The summed E-state index contributed by atoms with van der Waals surface area (Å²) in [4.78, 5) is 25.0. The molecule has 188 valence electrons. The van der Waals surface area contributed by atoms with E-state index in [1.807, 2.05) is 18.2 Å². The fourth-order valence-electron chi connectivity index (χ4n) is 5.47. The van der Waals surface area contributed by atoms with Crippen LogP contribution in [0.3, 0.4) is 0 Å². The minimum atomic E-state index is -1.13. The second kappa shape index (κ2) is 10.4. The van der Waals surface area contributed by atoms with Crippen LogP contribution in [0.2, 0.25) is 0 Å². The lowest BCUT2D eigenvalue weighted by Crippen LogP contribution is -2.50. The van der Waals surface area contributed by atoms with E-state index in [2.05, 4.69) is 33.0 Å². The van der Waals surface area contributed by atoms with Gasteiger partial charge < -0.3 is 19.9 Å². The Kier molecular flexibility index (Phi) is 7.50. The van der Waals surface area contributed by atoms with Crippen molar-refractivity contribution in [3.05, 3.63) is 65.2 Å². The smallest absolute Gasteiger partial charge is 0.330 e. The maximum atomic E-state index is 13.1. The molecule has 1 saturated heterocycles. The van der Waals surface area contributed by atoms with Crippen molar-refractivity contribution in [3.63, 3.8) is 0 Å². The van der Waals surface area contributed by atoms with Crippen molar-refractivity contribution in [1.29, 1.82) is 0 Å². The molecule has 1 fully saturated rings. The Hall–Kier alpha value is -2.86. The van der Waals surface area contributed by atoms with Crippen LogP contribution in [0.5, 0.6) is 5.75 Å². The SMILES string of the molecule is CC(C)CCC[C@]1(C)Oc2ccc(C(=O)N[C@H](C(=O)O)c3ccccc3)cc2[C@@H]2O[C@H](C)CC[C@H]21. The summed E-state index contributed by atoms with van der Waals surface area (Å²) in [6, 6.07) is 13.0.